The van der Waals surface area contributed by atoms with E-state index in [0.717, 1.165) is 12.3 Å². The number of aliphatic imine (C=N–C) groups is 1. The van der Waals surface area contributed by atoms with Gasteiger partial charge in [-0.3, -0.25) is 15.1 Å². The van der Waals surface area contributed by atoms with E-state index in [1.165, 1.54) is 24.3 Å². The van der Waals surface area contributed by atoms with Gasteiger partial charge in [-0.15, -0.1) is 0 Å². The van der Waals surface area contributed by atoms with Crippen molar-refractivity contribution in [2.45, 2.75) is 11.8 Å². The number of primary sulfonamides is 1. The molecule has 10 heteroatoms. The first kappa shape index (κ1) is 17.9. The van der Waals surface area contributed by atoms with Crippen LogP contribution in [0.2, 0.25) is 5.02 Å². The number of nitrogens with two attached hydrogens (primary N) is 1. The number of rotatable bonds is 4. The van der Waals surface area contributed by atoms with Crippen LogP contribution in [0.1, 0.15) is 11.1 Å². The van der Waals surface area contributed by atoms with E-state index in [4.69, 9.17) is 16.7 Å². The van der Waals surface area contributed by atoms with Crippen molar-refractivity contribution >= 4 is 39.2 Å². The minimum Gasteiger partial charge on any atom is -0.502 e. The van der Waals surface area contributed by atoms with Gasteiger partial charge < -0.3 is 5.11 Å². The van der Waals surface area contributed by atoms with Crippen molar-refractivity contribution < 1.29 is 18.4 Å². The second-order valence-electron chi connectivity index (χ2n) is 4.87. The number of aromatic hydroxyl groups is 1. The fourth-order valence-corrected chi connectivity index (χ4v) is 2.99. The lowest BCUT2D eigenvalue weighted by atomic mass is 10.2. The van der Waals surface area contributed by atoms with Gasteiger partial charge >= 0.3 is 5.69 Å². The summed E-state index contributed by atoms with van der Waals surface area (Å²) in [5.41, 5.74) is 0.161. The highest BCUT2D eigenvalue weighted by atomic mass is 35.5. The quantitative estimate of drug-likeness (QED) is 0.485. The average Bonchev–Trinajstić information content (AvgIpc) is 2.47. The van der Waals surface area contributed by atoms with E-state index >= 15 is 0 Å². The Kier molecular flexibility index (Phi) is 4.88. The number of hydrogen-bond donors (Lipinski definition) is 2. The molecule has 8 nitrogen and oxygen atoms in total. The molecule has 0 aromatic heterocycles. The fourth-order valence-electron chi connectivity index (χ4n) is 1.96. The van der Waals surface area contributed by atoms with Crippen molar-refractivity contribution in [1.82, 2.24) is 0 Å². The molecule has 2 aromatic rings. The van der Waals surface area contributed by atoms with Gasteiger partial charge in [0.15, 0.2) is 0 Å². The van der Waals surface area contributed by atoms with Crippen LogP contribution in [0, 0.1) is 17.0 Å². The largest absolute Gasteiger partial charge is 0.502 e. The first-order valence-corrected chi connectivity index (χ1v) is 8.36. The SMILES string of the molecule is Cc1ccc(N=Cc2cc(Cl)cc([N+](=O)[O-])c2O)cc1S(N)(=O)=O. The third-order valence-electron chi connectivity index (χ3n) is 3.11. The minimum atomic E-state index is -3.91. The number of phenolic OH excluding ortho intramolecular Hbond substituents is 1. The van der Waals surface area contributed by atoms with Gasteiger partial charge in [0.2, 0.25) is 15.8 Å². The second kappa shape index (κ2) is 6.56. The molecule has 0 amide bonds. The zero-order valence-electron chi connectivity index (χ0n) is 12.3. The standard InChI is InChI=1S/C14H12ClN3O5S/c1-8-2-3-11(6-13(8)24(16,22)23)17-7-9-4-10(15)5-12(14(9)19)18(20)21/h2-7,19H,1H3,(H2,16,22,23). The Morgan fingerprint density at radius 1 is 1.33 bits per heavy atom. The molecule has 0 radical (unpaired) electrons. The van der Waals surface area contributed by atoms with E-state index in [0.29, 0.717) is 5.56 Å². The molecule has 0 fully saturated rings. The van der Waals surface area contributed by atoms with Gasteiger partial charge in [0.1, 0.15) is 0 Å². The van der Waals surface area contributed by atoms with Crippen molar-refractivity contribution in [1.29, 1.82) is 0 Å². The Hall–Kier alpha value is -2.49. The number of nitrogens with zero attached hydrogens (tertiary/aromatic N) is 2. The number of sulfonamides is 1. The van der Waals surface area contributed by atoms with E-state index in [9.17, 15) is 23.6 Å². The summed E-state index contributed by atoms with van der Waals surface area (Å²) in [6.45, 7) is 1.58. The summed E-state index contributed by atoms with van der Waals surface area (Å²) >= 11 is 5.78. The molecule has 0 saturated carbocycles. The van der Waals surface area contributed by atoms with Crippen molar-refractivity contribution in [3.05, 3.63) is 56.6 Å². The Morgan fingerprint density at radius 2 is 2.00 bits per heavy atom. The molecular weight excluding hydrogens is 358 g/mol. The summed E-state index contributed by atoms with van der Waals surface area (Å²) in [5, 5.41) is 25.9. The van der Waals surface area contributed by atoms with E-state index in [2.05, 4.69) is 4.99 Å². The van der Waals surface area contributed by atoms with Crippen molar-refractivity contribution in [2.24, 2.45) is 10.1 Å². The van der Waals surface area contributed by atoms with Gasteiger partial charge in [-0.05, 0) is 30.7 Å². The lowest BCUT2D eigenvalue weighted by Crippen LogP contribution is -2.13. The lowest BCUT2D eigenvalue weighted by molar-refractivity contribution is -0.385. The zero-order chi connectivity index (χ0) is 18.1. The fraction of sp³-hybridized carbons (Fsp3) is 0.0714. The third-order valence-corrected chi connectivity index (χ3v) is 4.38. The van der Waals surface area contributed by atoms with Gasteiger partial charge in [0.05, 0.1) is 15.5 Å². The number of nitro benzene ring substituents is 1. The van der Waals surface area contributed by atoms with Crippen LogP contribution in [-0.2, 0) is 10.0 Å². The molecule has 0 atom stereocenters. The normalized spacial score (nSPS) is 11.8. The predicted molar refractivity (Wildman–Crippen MR) is 89.6 cm³/mol. The summed E-state index contributed by atoms with van der Waals surface area (Å²) in [5.74, 6) is -0.591. The molecule has 0 saturated heterocycles. The monoisotopic (exact) mass is 369 g/mol. The number of phenols is 1. The number of benzene rings is 2. The van der Waals surface area contributed by atoms with E-state index in [1.807, 2.05) is 0 Å². The molecule has 126 valence electrons. The molecule has 0 aliphatic carbocycles. The maximum Gasteiger partial charge on any atom is 0.312 e. The van der Waals surface area contributed by atoms with Crippen molar-refractivity contribution in [2.75, 3.05) is 0 Å². The van der Waals surface area contributed by atoms with Crippen LogP contribution >= 0.6 is 11.6 Å². The Labute approximate surface area is 142 Å². The highest BCUT2D eigenvalue weighted by Crippen LogP contribution is 2.32. The number of aryl methyl sites for hydroxylation is 1. The van der Waals surface area contributed by atoms with Crippen LogP contribution < -0.4 is 5.14 Å². The summed E-state index contributed by atoms with van der Waals surface area (Å²) in [6, 6.07) is 6.63. The van der Waals surface area contributed by atoms with Crippen LogP contribution in [0.15, 0.2) is 40.2 Å². The molecule has 2 rings (SSSR count). The van der Waals surface area contributed by atoms with Gasteiger partial charge in [-0.1, -0.05) is 17.7 Å². The first-order chi connectivity index (χ1) is 11.1. The Bertz CT molecular complexity index is 957. The second-order valence-corrected chi connectivity index (χ2v) is 6.84. The number of nitro groups is 1. The maximum absolute atomic E-state index is 11.5. The van der Waals surface area contributed by atoms with Crippen molar-refractivity contribution in [3.8, 4) is 5.75 Å². The van der Waals surface area contributed by atoms with Gasteiger partial charge in [-0.25, -0.2) is 13.6 Å². The zero-order valence-corrected chi connectivity index (χ0v) is 13.9. The average molecular weight is 370 g/mol. The maximum atomic E-state index is 11.5. The molecule has 0 bridgehead atoms. The van der Waals surface area contributed by atoms with Crippen LogP contribution in [0.5, 0.6) is 5.75 Å². The molecule has 0 heterocycles. The molecule has 0 aliphatic rings. The van der Waals surface area contributed by atoms with Crippen LogP contribution in [0.25, 0.3) is 0 Å². The molecule has 2 aromatic carbocycles. The molecule has 24 heavy (non-hydrogen) atoms. The van der Waals surface area contributed by atoms with Gasteiger partial charge in [0, 0.05) is 22.9 Å². The third kappa shape index (κ3) is 3.88. The summed E-state index contributed by atoms with van der Waals surface area (Å²) in [4.78, 5) is 14.0. The number of hydrogen-bond acceptors (Lipinski definition) is 6. The predicted octanol–water partition coefficient (Wildman–Crippen LogP) is 2.66. The van der Waals surface area contributed by atoms with Gasteiger partial charge in [0.25, 0.3) is 0 Å². The molecule has 0 aliphatic heterocycles. The highest BCUT2D eigenvalue weighted by molar-refractivity contribution is 7.89. The van der Waals surface area contributed by atoms with Crippen LogP contribution in [0.4, 0.5) is 11.4 Å². The van der Waals surface area contributed by atoms with E-state index < -0.39 is 26.4 Å². The molecular formula is C14H12ClN3O5S. The first-order valence-electron chi connectivity index (χ1n) is 6.44. The molecule has 0 unspecified atom stereocenters. The van der Waals surface area contributed by atoms with Crippen LogP contribution in [0.3, 0.4) is 0 Å². The lowest BCUT2D eigenvalue weighted by Gasteiger charge is -2.04. The molecule has 3 N–H and O–H groups in total. The van der Waals surface area contributed by atoms with E-state index in [-0.39, 0.29) is 21.2 Å². The van der Waals surface area contributed by atoms with Gasteiger partial charge in [-0.2, -0.15) is 0 Å². The van der Waals surface area contributed by atoms with E-state index in [1.54, 1.807) is 6.92 Å². The highest BCUT2D eigenvalue weighted by Gasteiger charge is 2.18. The smallest absolute Gasteiger partial charge is 0.312 e. The summed E-state index contributed by atoms with van der Waals surface area (Å²) in [7, 11) is -3.91. The summed E-state index contributed by atoms with van der Waals surface area (Å²) < 4.78 is 23.0. The van der Waals surface area contributed by atoms with Crippen LogP contribution in [-0.4, -0.2) is 24.7 Å². The molecule has 0 spiro atoms. The Morgan fingerprint density at radius 3 is 2.58 bits per heavy atom. The van der Waals surface area contributed by atoms with Crippen molar-refractivity contribution in [3.63, 3.8) is 0 Å². The topological polar surface area (TPSA) is 136 Å². The minimum absolute atomic E-state index is 0.0203. The summed E-state index contributed by atoms with van der Waals surface area (Å²) in [6.07, 6.45) is 1.14. The number of halogens is 1. The Balaban J connectivity index is 2.48.